The summed E-state index contributed by atoms with van der Waals surface area (Å²) < 4.78 is 66.9. The summed E-state index contributed by atoms with van der Waals surface area (Å²) in [5.74, 6) is -0.798. The van der Waals surface area contributed by atoms with Crippen molar-refractivity contribution >= 4 is 33.1 Å². The number of ether oxygens (including phenoxy) is 1. The molecule has 2 rings (SSSR count). The van der Waals surface area contributed by atoms with Crippen molar-refractivity contribution in [2.24, 2.45) is 11.7 Å². The minimum absolute atomic E-state index is 0.00645. The second-order valence-corrected chi connectivity index (χ2v) is 17.3. The summed E-state index contributed by atoms with van der Waals surface area (Å²) in [7, 11) is -8.56. The number of anilines is 1. The molecule has 1 aromatic rings. The summed E-state index contributed by atoms with van der Waals surface area (Å²) in [6, 6.07) is 0. The third-order valence-electron chi connectivity index (χ3n) is 4.78. The third kappa shape index (κ3) is 5.96. The number of carbonyl (C=O) groups excluding carboxylic acids is 1. The Morgan fingerprint density at radius 3 is 2.53 bits per heavy atom. The molecule has 2 unspecified atom stereocenters. The SMILES string of the molecule is CCCCOCC(CCn1cnc2c1NC(N)NC2=O)COP(OO)(OOO)(P(=O)=O)P(=O)=O. The average molecular weight is 549 g/mol. The number of unbranched alkanes of at least 4 members (excludes halogenated alkanes) is 1. The van der Waals surface area contributed by atoms with Crippen molar-refractivity contribution < 1.29 is 57.2 Å². The van der Waals surface area contributed by atoms with Crippen molar-refractivity contribution in [2.45, 2.75) is 39.0 Å². The Morgan fingerprint density at radius 1 is 1.24 bits per heavy atom. The molecular formula is C14H26N5O12P3. The van der Waals surface area contributed by atoms with E-state index in [0.717, 1.165) is 12.8 Å². The van der Waals surface area contributed by atoms with Gasteiger partial charge in [0.2, 0.25) is 0 Å². The molecule has 0 spiro atoms. The molecule has 2 atom stereocenters. The first kappa shape index (κ1) is 28.6. The molecule has 17 nitrogen and oxygen atoms in total. The summed E-state index contributed by atoms with van der Waals surface area (Å²) in [5.41, 5.74) is 5.83. The van der Waals surface area contributed by atoms with Crippen LogP contribution < -0.4 is 16.4 Å². The number of nitrogens with zero attached hydrogens (tertiary/aromatic N) is 2. The van der Waals surface area contributed by atoms with Gasteiger partial charge in [0.15, 0.2) is 0 Å². The zero-order valence-corrected chi connectivity index (χ0v) is 20.7. The van der Waals surface area contributed by atoms with E-state index in [2.05, 4.69) is 30.0 Å². The molecule has 34 heavy (non-hydrogen) atoms. The normalized spacial score (nSPS) is 17.7. The second-order valence-electron chi connectivity index (χ2n) is 7.12. The van der Waals surface area contributed by atoms with Gasteiger partial charge in [-0.3, -0.25) is 0 Å². The van der Waals surface area contributed by atoms with E-state index in [4.69, 9.17) is 25.5 Å². The molecule has 194 valence electrons. The summed E-state index contributed by atoms with van der Waals surface area (Å²) in [6.07, 6.45) is 2.32. The molecule has 1 aromatic heterocycles. The molecule has 20 heteroatoms. The number of carbonyl (C=O) groups is 1. The van der Waals surface area contributed by atoms with Crippen molar-refractivity contribution in [1.29, 1.82) is 0 Å². The van der Waals surface area contributed by atoms with Crippen molar-refractivity contribution in [3.63, 3.8) is 0 Å². The molecule has 0 saturated carbocycles. The quantitative estimate of drug-likeness (QED) is 0.0861. The van der Waals surface area contributed by atoms with Gasteiger partial charge in [-0.25, -0.2) is 0 Å². The van der Waals surface area contributed by atoms with Gasteiger partial charge in [0.25, 0.3) is 0 Å². The standard InChI is InChI=1S/C14H26N5O12P3/c1-2-3-6-27-7-10(8-28-34(30-22,31-29-21,32(23)24)33(25)26)4-5-19-9-16-11-12(19)17-14(15)18-13(11)20/h9-10,14,17,21-22H,2-8,15H2,1H3,(H,18,20). The Hall–Kier alpha value is -1.61. The van der Waals surface area contributed by atoms with Gasteiger partial charge < -0.3 is 0 Å². The van der Waals surface area contributed by atoms with Crippen LogP contribution in [0.1, 0.15) is 36.7 Å². The molecule has 0 aliphatic carbocycles. The number of nitrogens with two attached hydrogens (primary N) is 1. The Morgan fingerprint density at radius 2 is 1.94 bits per heavy atom. The third-order valence-corrected chi connectivity index (χ3v) is 14.5. The van der Waals surface area contributed by atoms with E-state index in [1.807, 2.05) is 6.92 Å². The van der Waals surface area contributed by atoms with Crippen molar-refractivity contribution in [1.82, 2.24) is 14.9 Å². The first-order valence-electron chi connectivity index (χ1n) is 9.90. The van der Waals surface area contributed by atoms with Gasteiger partial charge in [0.05, 0.1) is 0 Å². The van der Waals surface area contributed by atoms with Crippen LogP contribution in [-0.2, 0) is 48.5 Å². The van der Waals surface area contributed by atoms with Crippen LogP contribution in [0.5, 0.6) is 0 Å². The first-order valence-corrected chi connectivity index (χ1v) is 15.7. The second kappa shape index (κ2) is 12.4. The molecule has 0 saturated heterocycles. The number of amides is 1. The van der Waals surface area contributed by atoms with E-state index in [1.54, 1.807) is 4.57 Å². The fourth-order valence-corrected chi connectivity index (χ4v) is 7.41. The molecule has 0 aromatic carbocycles. The molecule has 2 heterocycles. The van der Waals surface area contributed by atoms with Crippen LogP contribution in [0, 0.1) is 5.92 Å². The number of hydrogen-bond acceptors (Lipinski definition) is 15. The van der Waals surface area contributed by atoms with Gasteiger partial charge in [0, 0.05) is 0 Å². The van der Waals surface area contributed by atoms with E-state index < -0.39 is 46.1 Å². The number of aryl methyl sites for hydroxylation is 1. The van der Waals surface area contributed by atoms with Gasteiger partial charge in [-0.15, -0.1) is 0 Å². The molecular weight excluding hydrogens is 523 g/mol. The maximum atomic E-state index is 12.0. The number of aromatic nitrogens is 2. The minimum atomic E-state index is -6.39. The summed E-state index contributed by atoms with van der Waals surface area (Å²) in [5, 5.41) is 26.3. The summed E-state index contributed by atoms with van der Waals surface area (Å²) >= 11 is 0. The average Bonchev–Trinajstić information content (AvgIpc) is 3.19. The molecule has 1 aliphatic rings. The fraction of sp³-hybridized carbons (Fsp3) is 0.714. The van der Waals surface area contributed by atoms with Crippen LogP contribution in [0.15, 0.2) is 6.33 Å². The molecule has 0 bridgehead atoms. The number of imidazole rings is 1. The summed E-state index contributed by atoms with van der Waals surface area (Å²) in [6.45, 7) is -4.55. The fourth-order valence-electron chi connectivity index (χ4n) is 2.91. The van der Waals surface area contributed by atoms with E-state index in [9.17, 15) is 23.1 Å². The van der Waals surface area contributed by atoms with Crippen LogP contribution in [0.4, 0.5) is 5.82 Å². The van der Waals surface area contributed by atoms with Crippen LogP contribution in [0.3, 0.4) is 0 Å². The Kier molecular flexibility index (Phi) is 10.4. The molecule has 1 amide bonds. The predicted octanol–water partition coefficient (Wildman–Crippen LogP) is 2.51. The van der Waals surface area contributed by atoms with E-state index in [0.29, 0.717) is 12.4 Å². The van der Waals surface area contributed by atoms with Gasteiger partial charge >= 0.3 is 193 Å². The monoisotopic (exact) mass is 549 g/mol. The van der Waals surface area contributed by atoms with Crippen LogP contribution >= 0.6 is 21.4 Å². The topological polar surface area (TPSA) is 240 Å². The molecule has 1 aliphatic heterocycles. The van der Waals surface area contributed by atoms with Gasteiger partial charge in [-0.05, 0) is 0 Å². The van der Waals surface area contributed by atoms with Gasteiger partial charge in [0.1, 0.15) is 0 Å². The number of fused-ring (bicyclic) bond motifs is 1. The first-order chi connectivity index (χ1) is 16.1. The maximum absolute atomic E-state index is 12.0. The number of hydrogen-bond donors (Lipinski definition) is 5. The van der Waals surface area contributed by atoms with E-state index in [-0.39, 0.29) is 25.3 Å². The van der Waals surface area contributed by atoms with Gasteiger partial charge in [-0.2, -0.15) is 0 Å². The molecule has 0 fully saturated rings. The summed E-state index contributed by atoms with van der Waals surface area (Å²) in [4.78, 5) is 16.0. The van der Waals surface area contributed by atoms with Crippen molar-refractivity contribution in [3.05, 3.63) is 12.0 Å². The van der Waals surface area contributed by atoms with Crippen molar-refractivity contribution in [2.75, 3.05) is 25.1 Å². The zero-order valence-electron chi connectivity index (χ0n) is 18.0. The van der Waals surface area contributed by atoms with Crippen LogP contribution in [0.25, 0.3) is 0 Å². The van der Waals surface area contributed by atoms with Gasteiger partial charge in [-0.1, -0.05) is 0 Å². The predicted molar refractivity (Wildman–Crippen MR) is 113 cm³/mol. The van der Waals surface area contributed by atoms with Crippen LogP contribution in [-0.4, -0.2) is 52.1 Å². The zero-order chi connectivity index (χ0) is 25.4. The van der Waals surface area contributed by atoms with Crippen LogP contribution in [0.2, 0.25) is 0 Å². The Balaban J connectivity index is 2.22. The molecule has 0 radical (unpaired) electrons. The van der Waals surface area contributed by atoms with E-state index in [1.165, 1.54) is 6.33 Å². The van der Waals surface area contributed by atoms with Crippen molar-refractivity contribution in [3.8, 4) is 0 Å². The van der Waals surface area contributed by atoms with E-state index >= 15 is 0 Å². The Bertz CT molecular complexity index is 961. The Labute approximate surface area is 193 Å². The molecule has 6 N–H and O–H groups in total. The number of nitrogens with one attached hydrogen (secondary N) is 2. The number of rotatable bonds is 16.